The number of nitrogens with two attached hydrogens (primary N) is 1. The number of rotatable bonds is 12. The van der Waals surface area contributed by atoms with E-state index in [-0.39, 0.29) is 18.2 Å². The molecule has 8 heteroatoms. The number of aliphatic hydroxyl groups is 2. The highest BCUT2D eigenvalue weighted by atomic mass is 32.1. The second kappa shape index (κ2) is 12.4. The predicted molar refractivity (Wildman–Crippen MR) is 118 cm³/mol. The number of nitrogens with zero attached hydrogens (tertiary/aromatic N) is 1. The Hall–Kier alpha value is -1.51. The summed E-state index contributed by atoms with van der Waals surface area (Å²) in [5.74, 6) is -0.869. The van der Waals surface area contributed by atoms with Crippen LogP contribution in [0.15, 0.2) is 10.9 Å². The van der Waals surface area contributed by atoms with E-state index in [0.29, 0.717) is 25.2 Å². The molecule has 4 atom stereocenters. The van der Waals surface area contributed by atoms with Crippen LogP contribution in [0.4, 0.5) is 0 Å². The Morgan fingerprint density at radius 1 is 1.27 bits per heavy atom. The Bertz CT molecular complexity index is 647. The molecular formula is C22H37N3O4S. The fourth-order valence-electron chi connectivity index (χ4n) is 4.35. The topological polar surface area (TPSA) is 126 Å². The lowest BCUT2D eigenvalue weighted by Crippen LogP contribution is -2.51. The zero-order valence-corrected chi connectivity index (χ0v) is 18.9. The minimum absolute atomic E-state index is 0.0792. The van der Waals surface area contributed by atoms with E-state index in [9.17, 15) is 19.8 Å². The first kappa shape index (κ1) is 24.8. The van der Waals surface area contributed by atoms with Crippen LogP contribution in [0.2, 0.25) is 0 Å². The molecule has 30 heavy (non-hydrogen) atoms. The molecule has 1 heterocycles. The van der Waals surface area contributed by atoms with Crippen molar-refractivity contribution in [3.8, 4) is 0 Å². The molecular weight excluding hydrogens is 402 g/mol. The lowest BCUT2D eigenvalue weighted by Gasteiger charge is -2.33. The molecule has 170 valence electrons. The van der Waals surface area contributed by atoms with Gasteiger partial charge in [-0.25, -0.2) is 4.98 Å². The maximum atomic E-state index is 13.1. The fraction of sp³-hybridized carbons (Fsp3) is 0.773. The number of primary amides is 1. The summed E-state index contributed by atoms with van der Waals surface area (Å²) in [6.07, 6.45) is 5.05. The van der Waals surface area contributed by atoms with E-state index in [2.05, 4.69) is 10.3 Å². The number of amides is 2. The highest BCUT2D eigenvalue weighted by Gasteiger charge is 2.33. The molecule has 0 bridgehead atoms. The lowest BCUT2D eigenvalue weighted by molar-refractivity contribution is -0.131. The van der Waals surface area contributed by atoms with Gasteiger partial charge in [0, 0.05) is 18.2 Å². The van der Waals surface area contributed by atoms with Crippen LogP contribution in [0.25, 0.3) is 0 Å². The van der Waals surface area contributed by atoms with Gasteiger partial charge in [-0.05, 0) is 24.7 Å². The molecule has 1 aliphatic carbocycles. The first-order valence-corrected chi connectivity index (χ1v) is 12.0. The molecule has 1 fully saturated rings. The third kappa shape index (κ3) is 8.32. The molecule has 1 aliphatic rings. The van der Waals surface area contributed by atoms with Crippen molar-refractivity contribution in [3.63, 3.8) is 0 Å². The van der Waals surface area contributed by atoms with Gasteiger partial charge in [-0.2, -0.15) is 0 Å². The monoisotopic (exact) mass is 439 g/mol. The summed E-state index contributed by atoms with van der Waals surface area (Å²) in [7, 11) is 0. The van der Waals surface area contributed by atoms with Crippen molar-refractivity contribution in [1.29, 1.82) is 0 Å². The Morgan fingerprint density at radius 2 is 1.97 bits per heavy atom. The van der Waals surface area contributed by atoms with Gasteiger partial charge in [0.05, 0.1) is 29.3 Å². The zero-order valence-electron chi connectivity index (χ0n) is 18.1. The van der Waals surface area contributed by atoms with Crippen molar-refractivity contribution in [3.05, 3.63) is 16.6 Å². The number of nitrogens with one attached hydrogen (secondary N) is 1. The molecule has 5 N–H and O–H groups in total. The molecule has 0 radical (unpaired) electrons. The predicted octanol–water partition coefficient (Wildman–Crippen LogP) is 2.40. The standard InChI is InChI=1S/C22H37N3O4S/c1-14(2)8-19(26)21(28)18(9-15-6-4-3-5-7-15)25-22(29)16(11-20(23)27)10-17-12-30-13-24-17/h12-16,18-19,21,26,28H,3-11H2,1-2H3,(H2,23,27)(H,25,29)/t16-,18+,19+,21-/m1/s1. The van der Waals surface area contributed by atoms with E-state index in [1.165, 1.54) is 17.8 Å². The smallest absolute Gasteiger partial charge is 0.224 e. The largest absolute Gasteiger partial charge is 0.390 e. The third-order valence-electron chi connectivity index (χ3n) is 5.92. The average Bonchev–Trinajstić information content (AvgIpc) is 3.19. The van der Waals surface area contributed by atoms with Gasteiger partial charge in [0.1, 0.15) is 6.10 Å². The quantitative estimate of drug-likeness (QED) is 0.398. The van der Waals surface area contributed by atoms with Gasteiger partial charge in [0.25, 0.3) is 0 Å². The molecule has 1 aromatic rings. The van der Waals surface area contributed by atoms with Gasteiger partial charge < -0.3 is 21.3 Å². The fourth-order valence-corrected chi connectivity index (χ4v) is 4.92. The number of aromatic nitrogens is 1. The minimum Gasteiger partial charge on any atom is -0.390 e. The maximum absolute atomic E-state index is 13.1. The van der Waals surface area contributed by atoms with Crippen LogP contribution in [-0.4, -0.2) is 45.3 Å². The molecule has 2 rings (SSSR count). The number of carbonyl (C=O) groups excluding carboxylic acids is 2. The number of thiazole rings is 1. The number of hydrogen-bond donors (Lipinski definition) is 4. The second-order valence-electron chi connectivity index (χ2n) is 9.09. The van der Waals surface area contributed by atoms with E-state index >= 15 is 0 Å². The van der Waals surface area contributed by atoms with E-state index in [1.807, 2.05) is 19.2 Å². The molecule has 1 aromatic heterocycles. The highest BCUT2D eigenvalue weighted by Crippen LogP contribution is 2.29. The Kier molecular flexibility index (Phi) is 10.2. The van der Waals surface area contributed by atoms with E-state index in [0.717, 1.165) is 31.4 Å². The number of aliphatic hydroxyl groups excluding tert-OH is 2. The molecule has 0 spiro atoms. The third-order valence-corrected chi connectivity index (χ3v) is 6.55. The van der Waals surface area contributed by atoms with Crippen LogP contribution < -0.4 is 11.1 Å². The molecule has 1 saturated carbocycles. The second-order valence-corrected chi connectivity index (χ2v) is 9.81. The van der Waals surface area contributed by atoms with Crippen LogP contribution in [0.1, 0.15) is 70.9 Å². The van der Waals surface area contributed by atoms with Gasteiger partial charge in [0.2, 0.25) is 11.8 Å². The zero-order chi connectivity index (χ0) is 22.1. The molecule has 0 unspecified atom stereocenters. The summed E-state index contributed by atoms with van der Waals surface area (Å²) in [5, 5.41) is 26.2. The summed E-state index contributed by atoms with van der Waals surface area (Å²) in [4.78, 5) is 28.8. The minimum atomic E-state index is -1.05. The highest BCUT2D eigenvalue weighted by molar-refractivity contribution is 7.07. The summed E-state index contributed by atoms with van der Waals surface area (Å²) in [6.45, 7) is 3.98. The molecule has 7 nitrogen and oxygen atoms in total. The van der Waals surface area contributed by atoms with E-state index in [1.54, 1.807) is 5.51 Å². The SMILES string of the molecule is CC(C)C[C@H](O)[C@H](O)[C@H](CC1CCCCC1)NC(=O)[C@@H](CC(N)=O)Cc1cscn1. The van der Waals surface area contributed by atoms with Crippen molar-refractivity contribution in [2.75, 3.05) is 0 Å². The van der Waals surface area contributed by atoms with Gasteiger partial charge in [-0.1, -0.05) is 46.0 Å². The van der Waals surface area contributed by atoms with Crippen molar-refractivity contribution in [2.24, 2.45) is 23.5 Å². The van der Waals surface area contributed by atoms with Gasteiger partial charge in [0.15, 0.2) is 0 Å². The van der Waals surface area contributed by atoms with Crippen LogP contribution in [0.3, 0.4) is 0 Å². The summed E-state index contributed by atoms with van der Waals surface area (Å²) >= 11 is 1.43. The molecule has 0 aliphatic heterocycles. The summed E-state index contributed by atoms with van der Waals surface area (Å²) in [6, 6.07) is -0.555. The maximum Gasteiger partial charge on any atom is 0.224 e. The average molecular weight is 440 g/mol. The number of hydrogen-bond acceptors (Lipinski definition) is 6. The van der Waals surface area contributed by atoms with Crippen LogP contribution in [0, 0.1) is 17.8 Å². The Morgan fingerprint density at radius 3 is 2.53 bits per heavy atom. The lowest BCUT2D eigenvalue weighted by atomic mass is 9.82. The molecule has 2 amide bonds. The van der Waals surface area contributed by atoms with Crippen LogP contribution in [-0.2, 0) is 16.0 Å². The van der Waals surface area contributed by atoms with Gasteiger partial charge in [-0.3, -0.25) is 9.59 Å². The number of carbonyl (C=O) groups is 2. The Labute approximate surface area is 183 Å². The Balaban J connectivity index is 2.11. The van der Waals surface area contributed by atoms with Crippen molar-refractivity contribution in [2.45, 2.75) is 89.9 Å². The summed E-state index contributed by atoms with van der Waals surface area (Å²) in [5.41, 5.74) is 7.81. The van der Waals surface area contributed by atoms with E-state index < -0.39 is 30.1 Å². The van der Waals surface area contributed by atoms with Crippen LogP contribution in [0.5, 0.6) is 0 Å². The first-order valence-electron chi connectivity index (χ1n) is 11.1. The van der Waals surface area contributed by atoms with E-state index in [4.69, 9.17) is 5.73 Å². The van der Waals surface area contributed by atoms with Crippen molar-refractivity contribution >= 4 is 23.2 Å². The van der Waals surface area contributed by atoms with Gasteiger partial charge in [-0.15, -0.1) is 11.3 Å². The molecule has 0 saturated heterocycles. The van der Waals surface area contributed by atoms with Crippen LogP contribution >= 0.6 is 11.3 Å². The van der Waals surface area contributed by atoms with Crippen molar-refractivity contribution in [1.82, 2.24) is 10.3 Å². The van der Waals surface area contributed by atoms with Gasteiger partial charge >= 0.3 is 0 Å². The molecule has 0 aromatic carbocycles. The first-order chi connectivity index (χ1) is 14.3. The normalized spacial score (nSPS) is 19.2. The van der Waals surface area contributed by atoms with Crippen molar-refractivity contribution < 1.29 is 19.8 Å². The summed E-state index contributed by atoms with van der Waals surface area (Å²) < 4.78 is 0.